The van der Waals surface area contributed by atoms with E-state index in [2.05, 4.69) is 13.8 Å². The standard InChI is InChI=1S/C13H24N2O2/c1-10(2)11-3-6-15(9-11)12(16)13(14)4-7-17-8-5-13/h10-11H,3-9,14H2,1-2H3. The molecule has 2 aliphatic heterocycles. The second-order valence-electron chi connectivity index (χ2n) is 5.81. The van der Waals surface area contributed by atoms with Gasteiger partial charge in [0.25, 0.3) is 0 Å². The van der Waals surface area contributed by atoms with Gasteiger partial charge in [-0.3, -0.25) is 4.79 Å². The van der Waals surface area contributed by atoms with E-state index in [4.69, 9.17) is 10.5 Å². The van der Waals surface area contributed by atoms with Crippen LogP contribution < -0.4 is 5.73 Å². The quantitative estimate of drug-likeness (QED) is 0.783. The summed E-state index contributed by atoms with van der Waals surface area (Å²) in [4.78, 5) is 14.4. The Labute approximate surface area is 103 Å². The molecule has 1 unspecified atom stereocenters. The van der Waals surface area contributed by atoms with E-state index in [0.29, 0.717) is 37.9 Å². The maximum absolute atomic E-state index is 12.4. The summed E-state index contributed by atoms with van der Waals surface area (Å²) in [5, 5.41) is 0. The second-order valence-corrected chi connectivity index (χ2v) is 5.81. The molecule has 0 bridgehead atoms. The molecule has 0 spiro atoms. The molecule has 0 aromatic rings. The van der Waals surface area contributed by atoms with Gasteiger partial charge >= 0.3 is 0 Å². The van der Waals surface area contributed by atoms with Crippen LogP contribution in [0.1, 0.15) is 33.1 Å². The average Bonchev–Trinajstić information content (AvgIpc) is 2.78. The zero-order valence-corrected chi connectivity index (χ0v) is 10.9. The fraction of sp³-hybridized carbons (Fsp3) is 0.923. The fourth-order valence-corrected chi connectivity index (χ4v) is 2.78. The topological polar surface area (TPSA) is 55.6 Å². The summed E-state index contributed by atoms with van der Waals surface area (Å²) >= 11 is 0. The fourth-order valence-electron chi connectivity index (χ4n) is 2.78. The molecule has 0 radical (unpaired) electrons. The Morgan fingerprint density at radius 1 is 1.41 bits per heavy atom. The monoisotopic (exact) mass is 240 g/mol. The Morgan fingerprint density at radius 3 is 2.59 bits per heavy atom. The van der Waals surface area contributed by atoms with Crippen LogP contribution in [-0.4, -0.2) is 42.6 Å². The number of nitrogens with zero attached hydrogens (tertiary/aromatic N) is 1. The van der Waals surface area contributed by atoms with Crippen LogP contribution in [-0.2, 0) is 9.53 Å². The minimum atomic E-state index is -0.663. The van der Waals surface area contributed by atoms with Gasteiger partial charge in [0.15, 0.2) is 0 Å². The van der Waals surface area contributed by atoms with Crippen molar-refractivity contribution in [3.05, 3.63) is 0 Å². The van der Waals surface area contributed by atoms with E-state index < -0.39 is 5.54 Å². The van der Waals surface area contributed by atoms with E-state index in [-0.39, 0.29) is 5.91 Å². The molecule has 2 rings (SSSR count). The molecule has 17 heavy (non-hydrogen) atoms. The van der Waals surface area contributed by atoms with E-state index in [1.165, 1.54) is 0 Å². The summed E-state index contributed by atoms with van der Waals surface area (Å²) in [7, 11) is 0. The first-order valence-electron chi connectivity index (χ1n) is 6.69. The Kier molecular flexibility index (Phi) is 3.73. The molecular weight excluding hydrogens is 216 g/mol. The maximum atomic E-state index is 12.4. The summed E-state index contributed by atoms with van der Waals surface area (Å²) < 4.78 is 5.29. The van der Waals surface area contributed by atoms with Gasteiger partial charge in [0.05, 0.1) is 5.54 Å². The summed E-state index contributed by atoms with van der Waals surface area (Å²) in [6.45, 7) is 7.45. The highest BCUT2D eigenvalue weighted by Crippen LogP contribution is 2.28. The number of carbonyl (C=O) groups is 1. The van der Waals surface area contributed by atoms with Crippen molar-refractivity contribution >= 4 is 5.91 Å². The summed E-state index contributed by atoms with van der Waals surface area (Å²) in [6, 6.07) is 0. The Hall–Kier alpha value is -0.610. The van der Waals surface area contributed by atoms with Crippen LogP contribution in [0.5, 0.6) is 0 Å². The molecule has 2 N–H and O–H groups in total. The van der Waals surface area contributed by atoms with Crippen LogP contribution in [0.2, 0.25) is 0 Å². The third kappa shape index (κ3) is 2.63. The molecule has 4 nitrogen and oxygen atoms in total. The molecule has 4 heteroatoms. The second kappa shape index (κ2) is 4.94. The lowest BCUT2D eigenvalue weighted by molar-refractivity contribution is -0.139. The highest BCUT2D eigenvalue weighted by molar-refractivity contribution is 5.86. The van der Waals surface area contributed by atoms with Gasteiger partial charge in [-0.1, -0.05) is 13.8 Å². The zero-order valence-electron chi connectivity index (χ0n) is 10.9. The van der Waals surface area contributed by atoms with E-state index in [1.54, 1.807) is 0 Å². The van der Waals surface area contributed by atoms with E-state index in [1.807, 2.05) is 4.90 Å². The van der Waals surface area contributed by atoms with Gasteiger partial charge in [0.2, 0.25) is 5.91 Å². The molecule has 98 valence electrons. The molecule has 2 heterocycles. The first kappa shape index (κ1) is 12.8. The number of likely N-dealkylation sites (tertiary alicyclic amines) is 1. The maximum Gasteiger partial charge on any atom is 0.242 e. The van der Waals surface area contributed by atoms with Crippen molar-refractivity contribution in [2.45, 2.75) is 38.6 Å². The molecule has 2 saturated heterocycles. The largest absolute Gasteiger partial charge is 0.381 e. The molecule has 1 amide bonds. The molecular formula is C13H24N2O2. The average molecular weight is 240 g/mol. The van der Waals surface area contributed by atoms with Gasteiger partial charge in [0.1, 0.15) is 0 Å². The van der Waals surface area contributed by atoms with Crippen molar-refractivity contribution in [1.82, 2.24) is 4.90 Å². The van der Waals surface area contributed by atoms with Crippen molar-refractivity contribution < 1.29 is 9.53 Å². The lowest BCUT2D eigenvalue weighted by atomic mass is 9.89. The highest BCUT2D eigenvalue weighted by Gasteiger charge is 2.41. The molecule has 0 aromatic carbocycles. The molecule has 0 aliphatic carbocycles. The van der Waals surface area contributed by atoms with Crippen LogP contribution >= 0.6 is 0 Å². The number of nitrogens with two attached hydrogens (primary N) is 1. The molecule has 2 fully saturated rings. The van der Waals surface area contributed by atoms with Crippen LogP contribution in [0, 0.1) is 11.8 Å². The number of amides is 1. The minimum absolute atomic E-state index is 0.143. The number of hydrogen-bond acceptors (Lipinski definition) is 3. The Bertz CT molecular complexity index is 285. The first-order chi connectivity index (χ1) is 8.03. The molecule has 1 atom stereocenters. The number of ether oxygens (including phenoxy) is 1. The lowest BCUT2D eigenvalue weighted by Crippen LogP contribution is -2.57. The predicted octanol–water partition coefficient (Wildman–Crippen LogP) is 0.999. The summed E-state index contributed by atoms with van der Waals surface area (Å²) in [6.07, 6.45) is 2.44. The smallest absolute Gasteiger partial charge is 0.242 e. The van der Waals surface area contributed by atoms with Crippen LogP contribution in [0.4, 0.5) is 0 Å². The Balaban J connectivity index is 1.96. The highest BCUT2D eigenvalue weighted by atomic mass is 16.5. The zero-order chi connectivity index (χ0) is 12.5. The number of carbonyl (C=O) groups excluding carboxylic acids is 1. The lowest BCUT2D eigenvalue weighted by Gasteiger charge is -2.35. The van der Waals surface area contributed by atoms with Gasteiger partial charge in [-0.25, -0.2) is 0 Å². The van der Waals surface area contributed by atoms with Gasteiger partial charge in [0, 0.05) is 26.3 Å². The summed E-state index contributed by atoms with van der Waals surface area (Å²) in [5.41, 5.74) is 5.57. The van der Waals surface area contributed by atoms with Crippen molar-refractivity contribution in [3.8, 4) is 0 Å². The van der Waals surface area contributed by atoms with Crippen molar-refractivity contribution in [2.24, 2.45) is 17.6 Å². The number of rotatable bonds is 2. The van der Waals surface area contributed by atoms with Crippen LogP contribution in [0.3, 0.4) is 0 Å². The van der Waals surface area contributed by atoms with E-state index in [0.717, 1.165) is 19.5 Å². The minimum Gasteiger partial charge on any atom is -0.381 e. The summed E-state index contributed by atoms with van der Waals surface area (Å²) in [5.74, 6) is 1.43. The van der Waals surface area contributed by atoms with Crippen LogP contribution in [0.25, 0.3) is 0 Å². The van der Waals surface area contributed by atoms with Crippen molar-refractivity contribution in [3.63, 3.8) is 0 Å². The predicted molar refractivity (Wildman–Crippen MR) is 66.5 cm³/mol. The van der Waals surface area contributed by atoms with Gasteiger partial charge in [-0.15, -0.1) is 0 Å². The first-order valence-corrected chi connectivity index (χ1v) is 6.69. The number of hydrogen-bond donors (Lipinski definition) is 1. The van der Waals surface area contributed by atoms with Crippen molar-refractivity contribution in [2.75, 3.05) is 26.3 Å². The SMILES string of the molecule is CC(C)C1CCN(C(=O)C2(N)CCOCC2)C1. The third-order valence-corrected chi connectivity index (χ3v) is 4.27. The van der Waals surface area contributed by atoms with Gasteiger partial charge < -0.3 is 15.4 Å². The van der Waals surface area contributed by atoms with Gasteiger partial charge in [-0.2, -0.15) is 0 Å². The van der Waals surface area contributed by atoms with E-state index >= 15 is 0 Å². The van der Waals surface area contributed by atoms with Crippen LogP contribution in [0.15, 0.2) is 0 Å². The molecule has 0 saturated carbocycles. The Morgan fingerprint density at radius 2 is 2.06 bits per heavy atom. The molecule has 2 aliphatic rings. The van der Waals surface area contributed by atoms with E-state index in [9.17, 15) is 4.79 Å². The van der Waals surface area contributed by atoms with Gasteiger partial charge in [-0.05, 0) is 31.1 Å². The molecule has 0 aromatic heterocycles. The normalized spacial score (nSPS) is 28.7. The third-order valence-electron chi connectivity index (χ3n) is 4.27. The van der Waals surface area contributed by atoms with Crippen molar-refractivity contribution in [1.29, 1.82) is 0 Å².